The highest BCUT2D eigenvalue weighted by atomic mass is 16.5. The van der Waals surface area contributed by atoms with E-state index in [1.165, 1.54) is 0 Å². The van der Waals surface area contributed by atoms with Gasteiger partial charge in [-0.3, -0.25) is 4.98 Å². The smallest absolute Gasteiger partial charge is 0.119 e. The first kappa shape index (κ1) is 13.6. The Hall–Kier alpha value is -2.39. The van der Waals surface area contributed by atoms with E-state index in [-0.39, 0.29) is 6.61 Å². The van der Waals surface area contributed by atoms with Gasteiger partial charge in [0.25, 0.3) is 0 Å². The molecule has 1 N–H and O–H groups in total. The van der Waals surface area contributed by atoms with Gasteiger partial charge in [0.05, 0.1) is 12.1 Å². The second-order valence-electron chi connectivity index (χ2n) is 5.03. The van der Waals surface area contributed by atoms with Gasteiger partial charge in [-0.05, 0) is 36.8 Å². The molecule has 0 saturated heterocycles. The standard InChI is InChI=1S/C18H17NO2/c1-13-10-15(17-4-2-3-5-18(17)19-13)12-21-16-8-6-14(11-20)7-9-16/h2-10,20H,11-12H2,1H3. The van der Waals surface area contributed by atoms with E-state index in [1.54, 1.807) is 0 Å². The first-order valence-corrected chi connectivity index (χ1v) is 6.94. The van der Waals surface area contributed by atoms with Crippen molar-refractivity contribution >= 4 is 10.9 Å². The third kappa shape index (κ3) is 3.03. The van der Waals surface area contributed by atoms with Crippen molar-refractivity contribution in [3.8, 4) is 5.75 Å². The Morgan fingerprint density at radius 3 is 2.57 bits per heavy atom. The van der Waals surface area contributed by atoms with Gasteiger partial charge in [-0.1, -0.05) is 30.3 Å². The van der Waals surface area contributed by atoms with E-state index in [1.807, 2.05) is 49.4 Å². The lowest BCUT2D eigenvalue weighted by molar-refractivity contribution is 0.281. The van der Waals surface area contributed by atoms with Crippen LogP contribution in [0, 0.1) is 6.92 Å². The first-order chi connectivity index (χ1) is 10.3. The zero-order valence-corrected chi connectivity index (χ0v) is 11.9. The summed E-state index contributed by atoms with van der Waals surface area (Å²) in [6.45, 7) is 2.54. The minimum absolute atomic E-state index is 0.0501. The number of fused-ring (bicyclic) bond motifs is 1. The summed E-state index contributed by atoms with van der Waals surface area (Å²) in [7, 11) is 0. The third-order valence-corrected chi connectivity index (χ3v) is 3.43. The average Bonchev–Trinajstić information content (AvgIpc) is 2.53. The van der Waals surface area contributed by atoms with Crippen LogP contribution in [0.3, 0.4) is 0 Å². The summed E-state index contributed by atoms with van der Waals surface area (Å²) in [5, 5.41) is 10.2. The third-order valence-electron chi connectivity index (χ3n) is 3.43. The van der Waals surface area contributed by atoms with Gasteiger partial charge in [0.15, 0.2) is 0 Å². The van der Waals surface area contributed by atoms with Crippen LogP contribution in [0.15, 0.2) is 54.6 Å². The fraction of sp³-hybridized carbons (Fsp3) is 0.167. The van der Waals surface area contributed by atoms with Crippen molar-refractivity contribution in [3.63, 3.8) is 0 Å². The molecule has 0 fully saturated rings. The van der Waals surface area contributed by atoms with Crippen LogP contribution in [0.1, 0.15) is 16.8 Å². The molecule has 3 rings (SSSR count). The molecule has 0 radical (unpaired) electrons. The van der Waals surface area contributed by atoms with E-state index in [0.29, 0.717) is 6.61 Å². The van der Waals surface area contributed by atoms with Crippen LogP contribution in [-0.4, -0.2) is 10.1 Å². The Balaban J connectivity index is 1.84. The second kappa shape index (κ2) is 5.94. The maximum atomic E-state index is 9.04. The summed E-state index contributed by atoms with van der Waals surface area (Å²) in [4.78, 5) is 4.53. The first-order valence-electron chi connectivity index (χ1n) is 6.94. The monoisotopic (exact) mass is 279 g/mol. The van der Waals surface area contributed by atoms with Crippen molar-refractivity contribution < 1.29 is 9.84 Å². The zero-order chi connectivity index (χ0) is 14.7. The Kier molecular flexibility index (Phi) is 3.84. The molecule has 0 amide bonds. The van der Waals surface area contributed by atoms with Gasteiger partial charge in [0.1, 0.15) is 12.4 Å². The maximum absolute atomic E-state index is 9.04. The molecule has 3 aromatic rings. The molecule has 0 atom stereocenters. The van der Waals surface area contributed by atoms with Gasteiger partial charge in [-0.25, -0.2) is 0 Å². The molecule has 0 unspecified atom stereocenters. The lowest BCUT2D eigenvalue weighted by Crippen LogP contribution is -1.99. The summed E-state index contributed by atoms with van der Waals surface area (Å²) >= 11 is 0. The predicted octanol–water partition coefficient (Wildman–Crippen LogP) is 3.61. The molecule has 0 bridgehead atoms. The molecule has 0 spiro atoms. The second-order valence-corrected chi connectivity index (χ2v) is 5.03. The quantitative estimate of drug-likeness (QED) is 0.793. The largest absolute Gasteiger partial charge is 0.489 e. The number of aliphatic hydroxyl groups is 1. The molecule has 1 aromatic heterocycles. The fourth-order valence-corrected chi connectivity index (χ4v) is 2.37. The van der Waals surface area contributed by atoms with Crippen molar-refractivity contribution in [2.24, 2.45) is 0 Å². The van der Waals surface area contributed by atoms with Crippen molar-refractivity contribution in [1.29, 1.82) is 0 Å². The maximum Gasteiger partial charge on any atom is 0.119 e. The minimum atomic E-state index is 0.0501. The molecule has 2 aromatic carbocycles. The van der Waals surface area contributed by atoms with Gasteiger partial charge in [-0.2, -0.15) is 0 Å². The molecular weight excluding hydrogens is 262 g/mol. The number of hydrogen-bond acceptors (Lipinski definition) is 3. The predicted molar refractivity (Wildman–Crippen MR) is 83.2 cm³/mol. The van der Waals surface area contributed by atoms with Gasteiger partial charge in [0.2, 0.25) is 0 Å². The lowest BCUT2D eigenvalue weighted by Gasteiger charge is -2.10. The van der Waals surface area contributed by atoms with Crippen LogP contribution in [0.2, 0.25) is 0 Å². The number of aliphatic hydroxyl groups excluding tert-OH is 1. The van der Waals surface area contributed by atoms with Crippen LogP contribution in [0.4, 0.5) is 0 Å². The molecule has 0 aliphatic carbocycles. The van der Waals surface area contributed by atoms with Crippen molar-refractivity contribution in [1.82, 2.24) is 4.98 Å². The highest BCUT2D eigenvalue weighted by Gasteiger charge is 2.04. The fourth-order valence-electron chi connectivity index (χ4n) is 2.37. The molecule has 106 valence electrons. The Labute approximate surface area is 123 Å². The molecule has 21 heavy (non-hydrogen) atoms. The molecule has 1 heterocycles. The number of rotatable bonds is 4. The van der Waals surface area contributed by atoms with Crippen molar-refractivity contribution in [2.75, 3.05) is 0 Å². The van der Waals surface area contributed by atoms with Crippen LogP contribution < -0.4 is 4.74 Å². The van der Waals surface area contributed by atoms with Gasteiger partial charge >= 0.3 is 0 Å². The Bertz CT molecular complexity index is 751. The summed E-state index contributed by atoms with van der Waals surface area (Å²) < 4.78 is 5.85. The molecule has 0 aliphatic heterocycles. The normalized spacial score (nSPS) is 10.8. The van der Waals surface area contributed by atoms with Crippen molar-refractivity contribution in [2.45, 2.75) is 20.1 Å². The Morgan fingerprint density at radius 2 is 1.81 bits per heavy atom. The number of nitrogens with zero attached hydrogens (tertiary/aromatic N) is 1. The van der Waals surface area contributed by atoms with E-state index in [0.717, 1.165) is 33.5 Å². The SMILES string of the molecule is Cc1cc(COc2ccc(CO)cc2)c2ccccc2n1. The summed E-state index contributed by atoms with van der Waals surface area (Å²) in [6.07, 6.45) is 0. The zero-order valence-electron chi connectivity index (χ0n) is 11.9. The van der Waals surface area contributed by atoms with Gasteiger partial charge < -0.3 is 9.84 Å². The van der Waals surface area contributed by atoms with E-state index in [4.69, 9.17) is 9.84 Å². The van der Waals surface area contributed by atoms with E-state index >= 15 is 0 Å². The van der Waals surface area contributed by atoms with E-state index in [2.05, 4.69) is 17.1 Å². The van der Waals surface area contributed by atoms with Crippen LogP contribution in [0.5, 0.6) is 5.75 Å². The van der Waals surface area contributed by atoms with Crippen molar-refractivity contribution in [3.05, 3.63) is 71.4 Å². The highest BCUT2D eigenvalue weighted by molar-refractivity contribution is 5.82. The molecule has 3 heteroatoms. The summed E-state index contributed by atoms with van der Waals surface area (Å²) in [5.74, 6) is 0.797. The molecule has 0 saturated carbocycles. The number of aromatic nitrogens is 1. The number of pyridine rings is 1. The van der Waals surface area contributed by atoms with E-state index in [9.17, 15) is 0 Å². The topological polar surface area (TPSA) is 42.4 Å². The van der Waals surface area contributed by atoms with Gasteiger partial charge in [0, 0.05) is 16.6 Å². The lowest BCUT2D eigenvalue weighted by atomic mass is 10.1. The average molecular weight is 279 g/mol. The Morgan fingerprint density at radius 1 is 1.05 bits per heavy atom. The summed E-state index contributed by atoms with van der Waals surface area (Å²) in [5.41, 5.74) is 3.99. The molecule has 3 nitrogen and oxygen atoms in total. The number of benzene rings is 2. The summed E-state index contributed by atoms with van der Waals surface area (Å²) in [6, 6.07) is 17.6. The van der Waals surface area contributed by atoms with Crippen LogP contribution in [-0.2, 0) is 13.2 Å². The van der Waals surface area contributed by atoms with Crippen LogP contribution in [0.25, 0.3) is 10.9 Å². The number of hydrogen-bond donors (Lipinski definition) is 1. The molecule has 0 aliphatic rings. The van der Waals surface area contributed by atoms with Crippen LogP contribution >= 0.6 is 0 Å². The number of ether oxygens (including phenoxy) is 1. The molecular formula is C18H17NO2. The number of para-hydroxylation sites is 1. The van der Waals surface area contributed by atoms with E-state index < -0.39 is 0 Å². The highest BCUT2D eigenvalue weighted by Crippen LogP contribution is 2.20. The van der Waals surface area contributed by atoms with Gasteiger partial charge in [-0.15, -0.1) is 0 Å². The number of aryl methyl sites for hydroxylation is 1. The minimum Gasteiger partial charge on any atom is -0.489 e.